The number of nitrogens with one attached hydrogen (secondary N) is 1. The highest BCUT2D eigenvalue weighted by Gasteiger charge is 2.18. The van der Waals surface area contributed by atoms with E-state index in [1.165, 1.54) is 0 Å². The number of fused-ring (bicyclic) bond motifs is 1. The van der Waals surface area contributed by atoms with Crippen LogP contribution >= 0.6 is 0 Å². The lowest BCUT2D eigenvalue weighted by Gasteiger charge is -2.20. The van der Waals surface area contributed by atoms with E-state index in [0.29, 0.717) is 31.3 Å². The molecule has 1 amide bonds. The Morgan fingerprint density at radius 1 is 1.04 bits per heavy atom. The van der Waals surface area contributed by atoms with E-state index in [0.717, 1.165) is 11.1 Å². The van der Waals surface area contributed by atoms with Crippen molar-refractivity contribution in [2.45, 2.75) is 12.3 Å². The Balaban J connectivity index is 1.53. The van der Waals surface area contributed by atoms with Crippen LogP contribution in [0.2, 0.25) is 0 Å². The molecule has 1 aliphatic rings. The number of ether oxygens (including phenoxy) is 2. The van der Waals surface area contributed by atoms with E-state index in [9.17, 15) is 9.00 Å². The largest absolute Gasteiger partial charge is 0.486 e. The first-order valence-electron chi connectivity index (χ1n) is 7.75. The van der Waals surface area contributed by atoms with Crippen molar-refractivity contribution >= 4 is 16.7 Å². The fourth-order valence-corrected chi connectivity index (χ4v) is 3.54. The number of hydrogen-bond acceptors (Lipinski definition) is 4. The third kappa shape index (κ3) is 4.35. The zero-order chi connectivity index (χ0) is 16.8. The number of carbonyl (C=O) groups excluding carboxylic acids is 1. The smallest absolute Gasteiger partial charge is 0.232 e. The molecule has 1 aliphatic heterocycles. The zero-order valence-electron chi connectivity index (χ0n) is 13.2. The summed E-state index contributed by atoms with van der Waals surface area (Å²) in [6.45, 7) is 1.43. The molecule has 2 aromatic carbocycles. The second-order valence-corrected chi connectivity index (χ2v) is 6.89. The van der Waals surface area contributed by atoms with E-state index in [1.54, 1.807) is 0 Å². The minimum atomic E-state index is -1.30. The van der Waals surface area contributed by atoms with E-state index in [-0.39, 0.29) is 17.4 Å². The highest BCUT2D eigenvalue weighted by atomic mass is 32.2. The number of rotatable bonds is 6. The Hall–Kier alpha value is -2.34. The van der Waals surface area contributed by atoms with Crippen LogP contribution in [0.3, 0.4) is 0 Å². The Morgan fingerprint density at radius 3 is 2.67 bits per heavy atom. The van der Waals surface area contributed by atoms with Crippen molar-refractivity contribution in [3.63, 3.8) is 0 Å². The summed E-state index contributed by atoms with van der Waals surface area (Å²) in [5.74, 6) is 1.33. The average Bonchev–Trinajstić information content (AvgIpc) is 2.61. The Labute approximate surface area is 143 Å². The minimum Gasteiger partial charge on any atom is -0.486 e. The van der Waals surface area contributed by atoms with Crippen molar-refractivity contribution in [2.24, 2.45) is 0 Å². The summed E-state index contributed by atoms with van der Waals surface area (Å²) in [4.78, 5) is 11.9. The van der Waals surface area contributed by atoms with Gasteiger partial charge in [-0.05, 0) is 11.6 Å². The molecule has 126 valence electrons. The lowest BCUT2D eigenvalue weighted by atomic mass is 10.2. The summed E-state index contributed by atoms with van der Waals surface area (Å²) in [5, 5.41) is 2.79. The lowest BCUT2D eigenvalue weighted by molar-refractivity contribution is -0.118. The Bertz CT molecular complexity index is 733. The van der Waals surface area contributed by atoms with Gasteiger partial charge in [0, 0.05) is 22.9 Å². The molecule has 5 nitrogen and oxygen atoms in total. The first kappa shape index (κ1) is 16.5. The van der Waals surface area contributed by atoms with Gasteiger partial charge in [0.25, 0.3) is 0 Å². The predicted octanol–water partition coefficient (Wildman–Crippen LogP) is 2.02. The van der Waals surface area contributed by atoms with Crippen molar-refractivity contribution in [3.05, 3.63) is 59.7 Å². The number of carbonyl (C=O) groups is 1. The third-order valence-corrected chi connectivity index (χ3v) is 4.81. The van der Waals surface area contributed by atoms with Crippen molar-refractivity contribution in [3.8, 4) is 11.5 Å². The molecule has 2 aromatic rings. The Morgan fingerprint density at radius 2 is 1.83 bits per heavy atom. The van der Waals surface area contributed by atoms with Gasteiger partial charge in [0.2, 0.25) is 5.91 Å². The first-order valence-corrected chi connectivity index (χ1v) is 9.24. The van der Waals surface area contributed by atoms with E-state index in [1.807, 2.05) is 48.5 Å². The van der Waals surface area contributed by atoms with Crippen LogP contribution in [-0.4, -0.2) is 29.1 Å². The molecule has 6 heteroatoms. The molecule has 0 unspecified atom stereocenters. The van der Waals surface area contributed by atoms with Gasteiger partial charge < -0.3 is 14.8 Å². The molecule has 3 rings (SSSR count). The maximum atomic E-state index is 12.3. The zero-order valence-corrected chi connectivity index (χ0v) is 14.0. The van der Waals surface area contributed by atoms with Crippen LogP contribution in [0.5, 0.6) is 11.5 Å². The number of amides is 1. The Kier molecular flexibility index (Phi) is 5.48. The van der Waals surface area contributed by atoms with Gasteiger partial charge in [0.15, 0.2) is 11.5 Å². The van der Waals surface area contributed by atoms with E-state index in [2.05, 4.69) is 5.32 Å². The monoisotopic (exact) mass is 345 g/mol. The van der Waals surface area contributed by atoms with Crippen LogP contribution in [0, 0.1) is 0 Å². The molecule has 0 fully saturated rings. The van der Waals surface area contributed by atoms with Crippen LogP contribution in [0.15, 0.2) is 48.5 Å². The maximum absolute atomic E-state index is 12.3. The van der Waals surface area contributed by atoms with Crippen molar-refractivity contribution in [1.29, 1.82) is 0 Å². The normalized spacial score (nSPS) is 14.0. The molecule has 1 atom stereocenters. The van der Waals surface area contributed by atoms with Crippen molar-refractivity contribution in [2.75, 3.05) is 19.0 Å². The minimum absolute atomic E-state index is 0.0304. The number of hydrogen-bond donors (Lipinski definition) is 1. The molecule has 0 saturated heterocycles. The quantitative estimate of drug-likeness (QED) is 0.870. The molecule has 0 radical (unpaired) electrons. The van der Waals surface area contributed by atoms with Crippen molar-refractivity contribution in [1.82, 2.24) is 5.32 Å². The molecule has 0 aliphatic carbocycles. The molecular formula is C18H19NO4S. The van der Waals surface area contributed by atoms with Gasteiger partial charge >= 0.3 is 0 Å². The fourth-order valence-electron chi connectivity index (χ4n) is 2.47. The van der Waals surface area contributed by atoms with E-state index < -0.39 is 10.8 Å². The second kappa shape index (κ2) is 7.97. The van der Waals surface area contributed by atoms with Gasteiger partial charge in [-0.2, -0.15) is 0 Å². The van der Waals surface area contributed by atoms with Gasteiger partial charge in [0.1, 0.15) is 19.0 Å². The average molecular weight is 345 g/mol. The van der Waals surface area contributed by atoms with Crippen LogP contribution in [0.4, 0.5) is 0 Å². The SMILES string of the molecule is O=C(C[S@@](=O)Cc1cccc2c1OCCO2)NCc1ccccc1. The molecule has 24 heavy (non-hydrogen) atoms. The highest BCUT2D eigenvalue weighted by molar-refractivity contribution is 7.84. The topological polar surface area (TPSA) is 64.6 Å². The molecule has 0 bridgehead atoms. The van der Waals surface area contributed by atoms with Crippen LogP contribution in [-0.2, 0) is 27.9 Å². The summed E-state index contributed by atoms with van der Waals surface area (Å²) in [7, 11) is -1.30. The first-order chi connectivity index (χ1) is 11.7. The van der Waals surface area contributed by atoms with Crippen LogP contribution < -0.4 is 14.8 Å². The summed E-state index contributed by atoms with van der Waals surface area (Å²) in [5.41, 5.74) is 1.82. The van der Waals surface area contributed by atoms with Gasteiger partial charge in [-0.1, -0.05) is 42.5 Å². The highest BCUT2D eigenvalue weighted by Crippen LogP contribution is 2.34. The molecule has 1 N–H and O–H groups in total. The third-order valence-electron chi connectivity index (χ3n) is 3.59. The van der Waals surface area contributed by atoms with Crippen LogP contribution in [0.25, 0.3) is 0 Å². The molecule has 0 saturated carbocycles. The lowest BCUT2D eigenvalue weighted by Crippen LogP contribution is -2.28. The summed E-state index contributed by atoms with van der Waals surface area (Å²) < 4.78 is 23.4. The summed E-state index contributed by atoms with van der Waals surface area (Å²) in [6.07, 6.45) is 0. The maximum Gasteiger partial charge on any atom is 0.232 e. The molecule has 0 aromatic heterocycles. The molecule has 1 heterocycles. The van der Waals surface area contributed by atoms with Gasteiger partial charge in [-0.3, -0.25) is 9.00 Å². The number of para-hydroxylation sites is 1. The van der Waals surface area contributed by atoms with E-state index >= 15 is 0 Å². The van der Waals surface area contributed by atoms with E-state index in [4.69, 9.17) is 9.47 Å². The number of benzene rings is 2. The molecular weight excluding hydrogens is 326 g/mol. The molecule has 0 spiro atoms. The van der Waals surface area contributed by atoms with Crippen molar-refractivity contribution < 1.29 is 18.5 Å². The predicted molar refractivity (Wildman–Crippen MR) is 92.4 cm³/mol. The fraction of sp³-hybridized carbons (Fsp3) is 0.278. The summed E-state index contributed by atoms with van der Waals surface area (Å²) in [6, 6.07) is 15.2. The second-order valence-electron chi connectivity index (χ2n) is 5.43. The van der Waals surface area contributed by atoms with Gasteiger partial charge in [-0.15, -0.1) is 0 Å². The summed E-state index contributed by atoms with van der Waals surface area (Å²) >= 11 is 0. The van der Waals surface area contributed by atoms with Gasteiger partial charge in [0.05, 0.1) is 5.75 Å². The standard InChI is InChI=1S/C18H19NO4S/c20-17(19-11-14-5-2-1-3-6-14)13-24(21)12-15-7-4-8-16-18(15)23-10-9-22-16/h1-8H,9-13H2,(H,19,20)/t24-/m0/s1. The van der Waals surface area contributed by atoms with Crippen LogP contribution in [0.1, 0.15) is 11.1 Å². The van der Waals surface area contributed by atoms with Gasteiger partial charge in [-0.25, -0.2) is 0 Å².